The molecule has 4 rings (SSSR count). The second-order valence-corrected chi connectivity index (χ2v) is 10.4. The highest BCUT2D eigenvalue weighted by Gasteiger charge is 2.56. The summed E-state index contributed by atoms with van der Waals surface area (Å²) in [6, 6.07) is 7.21. The van der Waals surface area contributed by atoms with Gasteiger partial charge in [0.25, 0.3) is 17.7 Å². The molecule has 1 aromatic carbocycles. The molecule has 0 bridgehead atoms. The fourth-order valence-electron chi connectivity index (χ4n) is 5.66. The molecule has 3 unspecified atom stereocenters. The number of nitrogens with zero attached hydrogens (tertiary/aromatic N) is 2. The first-order valence-electron chi connectivity index (χ1n) is 11.0. The summed E-state index contributed by atoms with van der Waals surface area (Å²) in [4.78, 5) is 64.8. The van der Waals surface area contributed by atoms with Gasteiger partial charge in [-0.05, 0) is 43.1 Å². The average Bonchev–Trinajstić information content (AvgIpc) is 3.06. The number of carbonyl (C=O) groups is 5. The van der Waals surface area contributed by atoms with E-state index in [1.165, 1.54) is 0 Å². The number of hydrogen-bond donors (Lipinski definition) is 3. The van der Waals surface area contributed by atoms with Crippen molar-refractivity contribution in [3.8, 4) is 0 Å². The smallest absolute Gasteiger partial charge is 0.323 e. The number of rotatable bonds is 4. The van der Waals surface area contributed by atoms with Gasteiger partial charge in [0.05, 0.1) is 0 Å². The molecule has 2 heterocycles. The van der Waals surface area contributed by atoms with Gasteiger partial charge in [-0.15, -0.1) is 0 Å². The molecule has 10 heteroatoms. The molecule has 10 nitrogen and oxygen atoms in total. The van der Waals surface area contributed by atoms with E-state index in [4.69, 9.17) is 0 Å². The van der Waals surface area contributed by atoms with Crippen LogP contribution in [0.4, 0.5) is 9.59 Å². The minimum atomic E-state index is -1.35. The first-order valence-corrected chi connectivity index (χ1v) is 11.0. The van der Waals surface area contributed by atoms with Gasteiger partial charge in [0.15, 0.2) is 0 Å². The summed E-state index contributed by atoms with van der Waals surface area (Å²) in [5, 5.41) is 5.98. The van der Waals surface area contributed by atoms with E-state index in [9.17, 15) is 24.0 Å². The van der Waals surface area contributed by atoms with Crippen LogP contribution >= 0.6 is 0 Å². The largest absolute Gasteiger partial charge is 0.344 e. The SMILES string of the molecule is CC1CC(C)(C)CC2(C1)NC(=O)N(CC(=O)NN1C(=O)NC(C)(c3ccccc3)C1=O)C2=O. The molecule has 2 aliphatic heterocycles. The lowest BCUT2D eigenvalue weighted by Gasteiger charge is -2.43. The van der Waals surface area contributed by atoms with E-state index < -0.39 is 47.4 Å². The lowest BCUT2D eigenvalue weighted by molar-refractivity contribution is -0.141. The topological polar surface area (TPSA) is 128 Å². The second kappa shape index (κ2) is 7.57. The molecule has 33 heavy (non-hydrogen) atoms. The van der Waals surface area contributed by atoms with Gasteiger partial charge in [-0.2, -0.15) is 5.01 Å². The van der Waals surface area contributed by atoms with E-state index in [1.807, 2.05) is 6.92 Å². The quantitative estimate of drug-likeness (QED) is 0.595. The number of imide groups is 2. The standard InChI is InChI=1S/C23H29N5O5/c1-14-10-21(2,3)13-23(11-14)18(31)27(19(32)25-23)12-16(29)26-28-17(30)22(4,24-20(28)33)15-8-6-5-7-9-15/h5-9,14H,10-13H2,1-4H3,(H,24,33)(H,25,32)(H,26,29). The third-order valence-electron chi connectivity index (χ3n) is 6.70. The lowest BCUT2D eigenvalue weighted by atomic mass is 9.64. The van der Waals surface area contributed by atoms with Crippen molar-refractivity contribution in [3.05, 3.63) is 35.9 Å². The van der Waals surface area contributed by atoms with Gasteiger partial charge in [0, 0.05) is 0 Å². The highest BCUT2D eigenvalue weighted by atomic mass is 16.2. The van der Waals surface area contributed by atoms with E-state index in [-0.39, 0.29) is 11.3 Å². The van der Waals surface area contributed by atoms with Crippen LogP contribution in [0.2, 0.25) is 0 Å². The lowest BCUT2D eigenvalue weighted by Crippen LogP contribution is -2.55. The van der Waals surface area contributed by atoms with Crippen molar-refractivity contribution in [3.63, 3.8) is 0 Å². The summed E-state index contributed by atoms with van der Waals surface area (Å²) in [7, 11) is 0. The summed E-state index contributed by atoms with van der Waals surface area (Å²) in [6.45, 7) is 7.10. The molecule has 1 aliphatic carbocycles. The molecule has 3 aliphatic rings. The van der Waals surface area contributed by atoms with Gasteiger partial charge in [-0.25, -0.2) is 9.59 Å². The molecule has 176 valence electrons. The van der Waals surface area contributed by atoms with Gasteiger partial charge < -0.3 is 10.6 Å². The maximum atomic E-state index is 13.2. The van der Waals surface area contributed by atoms with E-state index in [0.29, 0.717) is 23.4 Å². The number of hydrazine groups is 1. The van der Waals surface area contributed by atoms with E-state index >= 15 is 0 Å². The van der Waals surface area contributed by atoms with Crippen molar-refractivity contribution in [2.75, 3.05) is 6.54 Å². The van der Waals surface area contributed by atoms with Crippen LogP contribution in [0.15, 0.2) is 30.3 Å². The van der Waals surface area contributed by atoms with Crippen LogP contribution in [0.1, 0.15) is 52.5 Å². The second-order valence-electron chi connectivity index (χ2n) is 10.4. The summed E-state index contributed by atoms with van der Waals surface area (Å²) in [5.41, 5.74) is 0.286. The normalized spacial score (nSPS) is 31.1. The van der Waals surface area contributed by atoms with Gasteiger partial charge in [0.2, 0.25) is 0 Å². The molecule has 1 aromatic rings. The Balaban J connectivity index is 1.46. The monoisotopic (exact) mass is 455 g/mol. The average molecular weight is 456 g/mol. The third kappa shape index (κ3) is 3.83. The van der Waals surface area contributed by atoms with Gasteiger partial charge >= 0.3 is 12.1 Å². The highest BCUT2D eigenvalue weighted by molar-refractivity contribution is 6.10. The molecule has 7 amide bonds. The maximum absolute atomic E-state index is 13.2. The van der Waals surface area contributed by atoms with Crippen LogP contribution in [0.25, 0.3) is 0 Å². The molecule has 0 radical (unpaired) electrons. The zero-order chi connectivity index (χ0) is 24.2. The first kappa shape index (κ1) is 22.8. The summed E-state index contributed by atoms with van der Waals surface area (Å²) >= 11 is 0. The van der Waals surface area contributed by atoms with Gasteiger partial charge in [-0.1, -0.05) is 51.1 Å². The van der Waals surface area contributed by atoms with E-state index in [1.54, 1.807) is 37.3 Å². The molecular formula is C23H29N5O5. The Morgan fingerprint density at radius 3 is 2.30 bits per heavy atom. The summed E-state index contributed by atoms with van der Waals surface area (Å²) in [6.07, 6.45) is 1.92. The fourth-order valence-corrected chi connectivity index (χ4v) is 5.66. The zero-order valence-electron chi connectivity index (χ0n) is 19.2. The predicted octanol–water partition coefficient (Wildman–Crippen LogP) is 1.62. The van der Waals surface area contributed by atoms with Gasteiger partial charge in [0.1, 0.15) is 17.6 Å². The Hall–Kier alpha value is -3.43. The highest BCUT2D eigenvalue weighted by Crippen LogP contribution is 2.46. The van der Waals surface area contributed by atoms with E-state index in [2.05, 4.69) is 29.9 Å². The molecule has 1 spiro atoms. The van der Waals surface area contributed by atoms with Crippen molar-refractivity contribution in [1.29, 1.82) is 0 Å². The number of amides is 7. The Morgan fingerprint density at radius 1 is 1.00 bits per heavy atom. The van der Waals surface area contributed by atoms with Crippen LogP contribution in [-0.4, -0.2) is 51.8 Å². The van der Waals surface area contributed by atoms with Crippen LogP contribution in [0.3, 0.4) is 0 Å². The molecule has 2 saturated heterocycles. The molecule has 1 saturated carbocycles. The number of benzene rings is 1. The summed E-state index contributed by atoms with van der Waals surface area (Å²) < 4.78 is 0. The predicted molar refractivity (Wildman–Crippen MR) is 117 cm³/mol. The zero-order valence-corrected chi connectivity index (χ0v) is 19.2. The van der Waals surface area contributed by atoms with Crippen LogP contribution in [0, 0.1) is 11.3 Å². The Bertz CT molecular complexity index is 1040. The minimum absolute atomic E-state index is 0.138. The van der Waals surface area contributed by atoms with Crippen LogP contribution in [-0.2, 0) is 19.9 Å². The first-order chi connectivity index (χ1) is 15.4. The van der Waals surface area contributed by atoms with E-state index in [0.717, 1.165) is 11.3 Å². The van der Waals surface area contributed by atoms with Crippen molar-refractivity contribution in [2.45, 2.75) is 58.0 Å². The number of nitrogens with one attached hydrogen (secondary N) is 3. The van der Waals surface area contributed by atoms with Crippen molar-refractivity contribution < 1.29 is 24.0 Å². The molecule has 3 atom stereocenters. The molecule has 0 aromatic heterocycles. The molecule has 3 fully saturated rings. The Kier molecular flexibility index (Phi) is 5.22. The Morgan fingerprint density at radius 2 is 1.67 bits per heavy atom. The van der Waals surface area contributed by atoms with Crippen LogP contribution in [0.5, 0.6) is 0 Å². The van der Waals surface area contributed by atoms with Gasteiger partial charge in [-0.3, -0.25) is 24.7 Å². The number of hydrogen-bond acceptors (Lipinski definition) is 5. The minimum Gasteiger partial charge on any atom is -0.323 e. The maximum Gasteiger partial charge on any atom is 0.344 e. The molecular weight excluding hydrogens is 426 g/mol. The molecule has 3 N–H and O–H groups in total. The number of urea groups is 2. The fraction of sp³-hybridized carbons (Fsp3) is 0.522. The number of carbonyl (C=O) groups excluding carboxylic acids is 5. The Labute approximate surface area is 192 Å². The summed E-state index contributed by atoms with van der Waals surface area (Å²) in [5.74, 6) is -1.70. The third-order valence-corrected chi connectivity index (χ3v) is 6.70. The van der Waals surface area contributed by atoms with Crippen molar-refractivity contribution in [1.82, 2.24) is 26.0 Å². The van der Waals surface area contributed by atoms with Crippen LogP contribution < -0.4 is 16.1 Å². The van der Waals surface area contributed by atoms with Crippen molar-refractivity contribution >= 4 is 29.8 Å². The van der Waals surface area contributed by atoms with Crippen molar-refractivity contribution in [2.24, 2.45) is 11.3 Å².